The molecule has 3 heteroatoms. The molecule has 2 heterocycles. The van der Waals surface area contributed by atoms with E-state index in [0.717, 1.165) is 11.3 Å². The molecule has 0 fully saturated rings. The largest absolute Gasteiger partial charge is 0.489 e. The topological polar surface area (TPSA) is 27.1 Å². The number of aromatic nitrogens is 2. The van der Waals surface area contributed by atoms with E-state index in [4.69, 9.17) is 4.74 Å². The van der Waals surface area contributed by atoms with Crippen molar-refractivity contribution in [1.82, 2.24) is 9.55 Å². The molecule has 0 bridgehead atoms. The Balaban J connectivity index is 1.79. The van der Waals surface area contributed by atoms with Gasteiger partial charge in [-0.05, 0) is 42.0 Å². The molecule has 0 saturated carbocycles. The second kappa shape index (κ2) is 4.53. The molecule has 1 aromatic carbocycles. The van der Waals surface area contributed by atoms with Crippen LogP contribution in [-0.2, 0) is 13.7 Å². The lowest BCUT2D eigenvalue weighted by Crippen LogP contribution is -1.95. The first-order valence-electron chi connectivity index (χ1n) is 5.90. The van der Waals surface area contributed by atoms with Gasteiger partial charge in [0, 0.05) is 36.5 Å². The van der Waals surface area contributed by atoms with Gasteiger partial charge in [-0.15, -0.1) is 0 Å². The SMILES string of the molecule is Cn1ccc2cc(OCc3ccncc3)ccc21. The number of benzene rings is 1. The molecule has 0 unspecified atom stereocenters. The van der Waals surface area contributed by atoms with Crippen molar-refractivity contribution in [2.24, 2.45) is 7.05 Å². The summed E-state index contributed by atoms with van der Waals surface area (Å²) in [7, 11) is 2.04. The van der Waals surface area contributed by atoms with Crippen molar-refractivity contribution in [3.8, 4) is 5.75 Å². The number of rotatable bonds is 3. The third-order valence-corrected chi connectivity index (χ3v) is 3.01. The van der Waals surface area contributed by atoms with Gasteiger partial charge in [0.05, 0.1) is 0 Å². The summed E-state index contributed by atoms with van der Waals surface area (Å²) in [6.07, 6.45) is 5.61. The van der Waals surface area contributed by atoms with Crippen LogP contribution in [0.15, 0.2) is 55.0 Å². The molecule has 18 heavy (non-hydrogen) atoms. The molecule has 0 N–H and O–H groups in total. The third-order valence-electron chi connectivity index (χ3n) is 3.01. The maximum atomic E-state index is 5.77. The normalized spacial score (nSPS) is 10.7. The van der Waals surface area contributed by atoms with E-state index < -0.39 is 0 Å². The highest BCUT2D eigenvalue weighted by molar-refractivity contribution is 5.81. The van der Waals surface area contributed by atoms with Gasteiger partial charge in [-0.3, -0.25) is 4.98 Å². The molecule has 0 aliphatic carbocycles. The van der Waals surface area contributed by atoms with E-state index >= 15 is 0 Å². The Labute approximate surface area is 106 Å². The lowest BCUT2D eigenvalue weighted by molar-refractivity contribution is 0.306. The second-order valence-electron chi connectivity index (χ2n) is 4.29. The van der Waals surface area contributed by atoms with E-state index in [1.807, 2.05) is 25.2 Å². The first-order chi connectivity index (χ1) is 8.83. The molecule has 3 rings (SSSR count). The molecule has 0 aliphatic rings. The zero-order valence-electron chi connectivity index (χ0n) is 10.2. The predicted octanol–water partition coefficient (Wildman–Crippen LogP) is 3.15. The standard InChI is InChI=1S/C15H14N2O/c1-17-9-6-13-10-14(2-3-15(13)17)18-11-12-4-7-16-8-5-12/h2-10H,11H2,1H3. The maximum Gasteiger partial charge on any atom is 0.120 e. The van der Waals surface area contributed by atoms with Crippen LogP contribution in [-0.4, -0.2) is 9.55 Å². The van der Waals surface area contributed by atoms with Crippen LogP contribution in [0.25, 0.3) is 10.9 Å². The summed E-state index contributed by atoms with van der Waals surface area (Å²) in [5.74, 6) is 0.894. The van der Waals surface area contributed by atoms with Crippen LogP contribution >= 0.6 is 0 Å². The number of aryl methyl sites for hydroxylation is 1. The third kappa shape index (κ3) is 2.07. The minimum Gasteiger partial charge on any atom is -0.489 e. The predicted molar refractivity (Wildman–Crippen MR) is 71.5 cm³/mol. The summed E-state index contributed by atoms with van der Waals surface area (Å²) in [4.78, 5) is 3.99. The van der Waals surface area contributed by atoms with Crippen molar-refractivity contribution in [3.63, 3.8) is 0 Å². The first-order valence-corrected chi connectivity index (χ1v) is 5.90. The van der Waals surface area contributed by atoms with E-state index in [9.17, 15) is 0 Å². The highest BCUT2D eigenvalue weighted by Crippen LogP contribution is 2.21. The quantitative estimate of drug-likeness (QED) is 0.701. The van der Waals surface area contributed by atoms with Gasteiger partial charge in [-0.2, -0.15) is 0 Å². The molecule has 3 aromatic rings. The molecule has 0 saturated heterocycles. The fourth-order valence-corrected chi connectivity index (χ4v) is 2.00. The minimum atomic E-state index is 0.570. The van der Waals surface area contributed by atoms with E-state index in [1.54, 1.807) is 12.4 Å². The van der Waals surface area contributed by atoms with Crippen molar-refractivity contribution < 1.29 is 4.74 Å². The Bertz CT molecular complexity index is 659. The summed E-state index contributed by atoms with van der Waals surface area (Å²) >= 11 is 0. The fourth-order valence-electron chi connectivity index (χ4n) is 2.00. The molecule has 0 amide bonds. The van der Waals surface area contributed by atoms with Crippen molar-refractivity contribution in [2.45, 2.75) is 6.61 Å². The lowest BCUT2D eigenvalue weighted by atomic mass is 10.2. The van der Waals surface area contributed by atoms with Gasteiger partial charge >= 0.3 is 0 Å². The van der Waals surface area contributed by atoms with E-state index in [-0.39, 0.29) is 0 Å². The first kappa shape index (κ1) is 10.8. The molecular formula is C15H14N2O. The highest BCUT2D eigenvalue weighted by Gasteiger charge is 2.00. The van der Waals surface area contributed by atoms with Crippen LogP contribution in [0.4, 0.5) is 0 Å². The number of hydrogen-bond donors (Lipinski definition) is 0. The smallest absolute Gasteiger partial charge is 0.120 e. The molecular weight excluding hydrogens is 224 g/mol. The Kier molecular flexibility index (Phi) is 2.73. The van der Waals surface area contributed by atoms with Gasteiger partial charge in [-0.1, -0.05) is 0 Å². The van der Waals surface area contributed by atoms with Crippen LogP contribution in [0, 0.1) is 0 Å². The Hall–Kier alpha value is -2.29. The van der Waals surface area contributed by atoms with Gasteiger partial charge in [0.15, 0.2) is 0 Å². The lowest BCUT2D eigenvalue weighted by Gasteiger charge is -2.06. The van der Waals surface area contributed by atoms with Crippen LogP contribution in [0.5, 0.6) is 5.75 Å². The van der Waals surface area contributed by atoms with Crippen LogP contribution in [0.1, 0.15) is 5.56 Å². The van der Waals surface area contributed by atoms with Crippen molar-refractivity contribution in [2.75, 3.05) is 0 Å². The van der Waals surface area contributed by atoms with E-state index in [0.29, 0.717) is 6.61 Å². The van der Waals surface area contributed by atoms with Gasteiger partial charge in [-0.25, -0.2) is 0 Å². The van der Waals surface area contributed by atoms with E-state index in [2.05, 4.69) is 33.9 Å². The molecule has 2 aromatic heterocycles. The van der Waals surface area contributed by atoms with Gasteiger partial charge in [0.25, 0.3) is 0 Å². The summed E-state index contributed by atoms with van der Waals surface area (Å²) in [6, 6.07) is 12.2. The van der Waals surface area contributed by atoms with Crippen molar-refractivity contribution in [1.29, 1.82) is 0 Å². The maximum absolute atomic E-state index is 5.77. The zero-order chi connectivity index (χ0) is 12.4. The van der Waals surface area contributed by atoms with Gasteiger partial charge in [0.2, 0.25) is 0 Å². The average molecular weight is 238 g/mol. The summed E-state index contributed by atoms with van der Waals surface area (Å²) in [6.45, 7) is 0.570. The van der Waals surface area contributed by atoms with E-state index in [1.165, 1.54) is 10.9 Å². The second-order valence-corrected chi connectivity index (χ2v) is 4.29. The molecule has 0 atom stereocenters. The van der Waals surface area contributed by atoms with Crippen LogP contribution < -0.4 is 4.74 Å². The Morgan fingerprint density at radius 1 is 1.11 bits per heavy atom. The van der Waals surface area contributed by atoms with Crippen molar-refractivity contribution >= 4 is 10.9 Å². The average Bonchev–Trinajstić information content (AvgIpc) is 2.79. The van der Waals surface area contributed by atoms with Gasteiger partial charge in [0.1, 0.15) is 12.4 Å². The number of hydrogen-bond acceptors (Lipinski definition) is 2. The highest BCUT2D eigenvalue weighted by atomic mass is 16.5. The molecule has 0 radical (unpaired) electrons. The minimum absolute atomic E-state index is 0.570. The summed E-state index contributed by atoms with van der Waals surface area (Å²) < 4.78 is 7.87. The van der Waals surface area contributed by atoms with Crippen LogP contribution in [0.3, 0.4) is 0 Å². The zero-order valence-corrected chi connectivity index (χ0v) is 10.2. The monoisotopic (exact) mass is 238 g/mol. The molecule has 3 nitrogen and oxygen atoms in total. The number of nitrogens with zero attached hydrogens (tertiary/aromatic N) is 2. The number of fused-ring (bicyclic) bond motifs is 1. The Morgan fingerprint density at radius 2 is 1.94 bits per heavy atom. The Morgan fingerprint density at radius 3 is 2.78 bits per heavy atom. The summed E-state index contributed by atoms with van der Waals surface area (Å²) in [5, 5.41) is 1.20. The molecule has 90 valence electrons. The van der Waals surface area contributed by atoms with Gasteiger partial charge < -0.3 is 9.30 Å². The summed E-state index contributed by atoms with van der Waals surface area (Å²) in [5.41, 5.74) is 2.34. The number of ether oxygens (including phenoxy) is 1. The van der Waals surface area contributed by atoms with Crippen molar-refractivity contribution in [3.05, 3.63) is 60.6 Å². The fraction of sp³-hybridized carbons (Fsp3) is 0.133. The number of pyridine rings is 1. The molecule has 0 aliphatic heterocycles. The molecule has 0 spiro atoms. The van der Waals surface area contributed by atoms with Crippen LogP contribution in [0.2, 0.25) is 0 Å².